The zero-order valence-electron chi connectivity index (χ0n) is 16.4. The number of benzene rings is 1. The number of carboxylic acids is 1. The second-order valence-corrected chi connectivity index (χ2v) is 8.98. The van der Waals surface area contributed by atoms with Crippen LogP contribution >= 0.6 is 11.3 Å². The van der Waals surface area contributed by atoms with E-state index >= 15 is 0 Å². The van der Waals surface area contributed by atoms with Crippen molar-refractivity contribution in [3.63, 3.8) is 0 Å². The minimum Gasteiger partial charge on any atom is -0.481 e. The monoisotopic (exact) mass is 401 g/mol. The Labute approximate surface area is 169 Å². The molecule has 2 aromatic rings. The molecule has 1 aliphatic rings. The van der Waals surface area contributed by atoms with Gasteiger partial charge in [0.2, 0.25) is 0 Å². The third kappa shape index (κ3) is 5.10. The fourth-order valence-electron chi connectivity index (χ4n) is 3.10. The molecule has 1 aromatic carbocycles. The molecule has 2 heterocycles. The van der Waals surface area contributed by atoms with Gasteiger partial charge in [-0.15, -0.1) is 11.3 Å². The summed E-state index contributed by atoms with van der Waals surface area (Å²) in [6, 6.07) is 7.73. The van der Waals surface area contributed by atoms with E-state index < -0.39 is 11.4 Å². The number of anilines is 1. The van der Waals surface area contributed by atoms with Crippen molar-refractivity contribution in [1.29, 1.82) is 0 Å². The van der Waals surface area contributed by atoms with Crippen LogP contribution in [0.1, 0.15) is 44.5 Å². The zero-order chi connectivity index (χ0) is 20.1. The number of aryl methyl sites for hydroxylation is 1. The lowest BCUT2D eigenvalue weighted by Gasteiger charge is -2.26. The van der Waals surface area contributed by atoms with Crippen molar-refractivity contribution in [2.45, 2.75) is 46.0 Å². The lowest BCUT2D eigenvalue weighted by molar-refractivity contribution is -0.147. The molecule has 1 aliphatic heterocycles. The number of carboxylic acid groups (broad SMARTS) is 1. The SMILES string of the molecule is CC(C)(CCc1ncc(-c2ccc(NC(=O)N3CCCCC3)cc2)s1)C(=O)O. The maximum atomic E-state index is 12.3. The Bertz CT molecular complexity index is 824. The molecule has 1 fully saturated rings. The highest BCUT2D eigenvalue weighted by Crippen LogP contribution is 2.30. The molecular formula is C21H27N3O3S. The molecule has 6 nitrogen and oxygen atoms in total. The Morgan fingerprint density at radius 3 is 2.50 bits per heavy atom. The maximum Gasteiger partial charge on any atom is 0.321 e. The van der Waals surface area contributed by atoms with Crippen molar-refractivity contribution >= 4 is 29.0 Å². The molecule has 28 heavy (non-hydrogen) atoms. The van der Waals surface area contributed by atoms with Gasteiger partial charge in [-0.1, -0.05) is 12.1 Å². The third-order valence-corrected chi connectivity index (χ3v) is 6.27. The number of hydrogen-bond donors (Lipinski definition) is 2. The molecular weight excluding hydrogens is 374 g/mol. The quantitative estimate of drug-likeness (QED) is 0.723. The minimum absolute atomic E-state index is 0.0337. The molecule has 1 saturated heterocycles. The molecule has 1 aromatic heterocycles. The third-order valence-electron chi connectivity index (χ3n) is 5.16. The Hall–Kier alpha value is -2.41. The molecule has 0 spiro atoms. The van der Waals surface area contributed by atoms with Crippen LogP contribution in [0.4, 0.5) is 10.5 Å². The summed E-state index contributed by atoms with van der Waals surface area (Å²) in [5.74, 6) is -0.786. The van der Waals surface area contributed by atoms with Crippen LogP contribution in [0.5, 0.6) is 0 Å². The van der Waals surface area contributed by atoms with E-state index in [0.717, 1.165) is 47.1 Å². The summed E-state index contributed by atoms with van der Waals surface area (Å²) in [4.78, 5) is 30.9. The van der Waals surface area contributed by atoms with Gasteiger partial charge in [0.15, 0.2) is 0 Å². The summed E-state index contributed by atoms with van der Waals surface area (Å²) in [6.45, 7) is 5.13. The largest absolute Gasteiger partial charge is 0.481 e. The number of carbonyl (C=O) groups is 2. The van der Waals surface area contributed by atoms with Gasteiger partial charge in [0, 0.05) is 31.4 Å². The van der Waals surface area contributed by atoms with Gasteiger partial charge in [0.1, 0.15) is 0 Å². The first-order chi connectivity index (χ1) is 13.3. The van der Waals surface area contributed by atoms with E-state index in [0.29, 0.717) is 12.8 Å². The molecule has 0 radical (unpaired) electrons. The number of aliphatic carboxylic acids is 1. The van der Waals surface area contributed by atoms with E-state index in [1.807, 2.05) is 35.4 Å². The van der Waals surface area contributed by atoms with E-state index in [2.05, 4.69) is 10.3 Å². The minimum atomic E-state index is -0.786. The van der Waals surface area contributed by atoms with Crippen molar-refractivity contribution in [3.05, 3.63) is 35.5 Å². The summed E-state index contributed by atoms with van der Waals surface area (Å²) < 4.78 is 0. The van der Waals surface area contributed by atoms with E-state index in [1.54, 1.807) is 25.2 Å². The Balaban J connectivity index is 1.58. The van der Waals surface area contributed by atoms with Gasteiger partial charge in [0.05, 0.1) is 15.3 Å². The molecule has 0 aliphatic carbocycles. The summed E-state index contributed by atoms with van der Waals surface area (Å²) in [5, 5.41) is 13.1. The van der Waals surface area contributed by atoms with E-state index in [1.165, 1.54) is 6.42 Å². The van der Waals surface area contributed by atoms with Gasteiger partial charge >= 0.3 is 12.0 Å². The maximum absolute atomic E-state index is 12.3. The van der Waals surface area contributed by atoms with Crippen molar-refractivity contribution in [2.75, 3.05) is 18.4 Å². The Morgan fingerprint density at radius 1 is 1.18 bits per heavy atom. The molecule has 0 bridgehead atoms. The van der Waals surface area contributed by atoms with Gasteiger partial charge < -0.3 is 15.3 Å². The van der Waals surface area contributed by atoms with Gasteiger partial charge in [0.25, 0.3) is 0 Å². The van der Waals surface area contributed by atoms with Crippen molar-refractivity contribution in [2.24, 2.45) is 5.41 Å². The van der Waals surface area contributed by atoms with Crippen LogP contribution in [-0.4, -0.2) is 40.1 Å². The summed E-state index contributed by atoms with van der Waals surface area (Å²) in [6.07, 6.45) is 6.37. The fraction of sp³-hybridized carbons (Fsp3) is 0.476. The predicted molar refractivity (Wildman–Crippen MR) is 112 cm³/mol. The lowest BCUT2D eigenvalue weighted by atomic mass is 9.88. The lowest BCUT2D eigenvalue weighted by Crippen LogP contribution is -2.38. The Morgan fingerprint density at radius 2 is 1.86 bits per heavy atom. The van der Waals surface area contributed by atoms with Gasteiger partial charge in [-0.3, -0.25) is 4.79 Å². The van der Waals surface area contributed by atoms with Gasteiger partial charge in [-0.2, -0.15) is 0 Å². The molecule has 3 rings (SSSR count). The van der Waals surface area contributed by atoms with Crippen molar-refractivity contribution < 1.29 is 14.7 Å². The number of carbonyl (C=O) groups excluding carboxylic acids is 1. The van der Waals surface area contributed by atoms with E-state index in [4.69, 9.17) is 0 Å². The second kappa shape index (κ2) is 8.73. The number of hydrogen-bond acceptors (Lipinski definition) is 4. The highest BCUT2D eigenvalue weighted by atomic mass is 32.1. The highest BCUT2D eigenvalue weighted by molar-refractivity contribution is 7.15. The number of aromatic nitrogens is 1. The average Bonchev–Trinajstić information content (AvgIpc) is 3.17. The number of amides is 2. The average molecular weight is 402 g/mol. The number of piperidine rings is 1. The predicted octanol–water partition coefficient (Wildman–Crippen LogP) is 4.87. The van der Waals surface area contributed by atoms with Crippen molar-refractivity contribution in [1.82, 2.24) is 9.88 Å². The summed E-state index contributed by atoms with van der Waals surface area (Å²) in [5.41, 5.74) is 1.07. The molecule has 0 unspecified atom stereocenters. The normalized spacial score (nSPS) is 14.7. The van der Waals surface area contributed by atoms with Crippen LogP contribution < -0.4 is 5.32 Å². The number of nitrogens with zero attached hydrogens (tertiary/aromatic N) is 2. The molecule has 0 saturated carbocycles. The first-order valence-electron chi connectivity index (χ1n) is 9.70. The van der Waals surface area contributed by atoms with Crippen LogP contribution in [-0.2, 0) is 11.2 Å². The standard InChI is InChI=1S/C21H27N3O3S/c1-21(2,19(25)26)11-10-18-22-14-17(28-18)15-6-8-16(9-7-15)23-20(27)24-12-4-3-5-13-24/h6-9,14H,3-5,10-13H2,1-2H3,(H,23,27)(H,25,26). The van der Waals surface area contributed by atoms with Crippen LogP contribution in [0.25, 0.3) is 10.4 Å². The number of urea groups is 1. The van der Waals surface area contributed by atoms with E-state index in [9.17, 15) is 14.7 Å². The molecule has 2 amide bonds. The zero-order valence-corrected chi connectivity index (χ0v) is 17.2. The highest BCUT2D eigenvalue weighted by Gasteiger charge is 2.27. The van der Waals surface area contributed by atoms with E-state index in [-0.39, 0.29) is 6.03 Å². The first-order valence-corrected chi connectivity index (χ1v) is 10.5. The summed E-state index contributed by atoms with van der Waals surface area (Å²) >= 11 is 1.58. The number of nitrogens with one attached hydrogen (secondary N) is 1. The Kier molecular flexibility index (Phi) is 6.34. The van der Waals surface area contributed by atoms with Crippen LogP contribution in [0.2, 0.25) is 0 Å². The molecule has 7 heteroatoms. The van der Waals surface area contributed by atoms with Gasteiger partial charge in [-0.25, -0.2) is 9.78 Å². The molecule has 2 N–H and O–H groups in total. The number of rotatable bonds is 6. The summed E-state index contributed by atoms with van der Waals surface area (Å²) in [7, 11) is 0. The second-order valence-electron chi connectivity index (χ2n) is 7.86. The van der Waals surface area contributed by atoms with Crippen LogP contribution in [0.15, 0.2) is 30.5 Å². The van der Waals surface area contributed by atoms with Gasteiger partial charge in [-0.05, 0) is 57.2 Å². The molecule has 0 atom stereocenters. The number of likely N-dealkylation sites (tertiary alicyclic amines) is 1. The smallest absolute Gasteiger partial charge is 0.321 e. The number of thiazole rings is 1. The fourth-order valence-corrected chi connectivity index (χ4v) is 4.03. The van der Waals surface area contributed by atoms with Crippen molar-refractivity contribution in [3.8, 4) is 10.4 Å². The molecule has 150 valence electrons. The topological polar surface area (TPSA) is 82.5 Å². The first kappa shape index (κ1) is 20.3. The van der Waals surface area contributed by atoms with Crippen LogP contribution in [0, 0.1) is 5.41 Å². The van der Waals surface area contributed by atoms with Crippen LogP contribution in [0.3, 0.4) is 0 Å².